The lowest BCUT2D eigenvalue weighted by molar-refractivity contribution is -0.167. The van der Waals surface area contributed by atoms with Crippen LogP contribution in [0.25, 0.3) is 0 Å². The molecule has 55 heavy (non-hydrogen) atoms. The maximum atomic E-state index is 12.7. The van der Waals surface area contributed by atoms with Crippen molar-refractivity contribution in [1.29, 1.82) is 0 Å². The fourth-order valence-corrected chi connectivity index (χ4v) is 7.22. The molecule has 0 radical (unpaired) electrons. The van der Waals surface area contributed by atoms with Crippen molar-refractivity contribution in [2.24, 2.45) is 11.8 Å². The molecule has 0 rings (SSSR count). The molecule has 0 fully saturated rings. The van der Waals surface area contributed by atoms with Gasteiger partial charge in [0, 0.05) is 19.3 Å². The number of hydrogen-bond acceptors (Lipinski definition) is 6. The lowest BCUT2D eigenvalue weighted by Gasteiger charge is -2.18. The van der Waals surface area contributed by atoms with E-state index in [9.17, 15) is 14.4 Å². The molecule has 0 aromatic heterocycles. The zero-order chi connectivity index (χ0) is 40.5. The minimum Gasteiger partial charge on any atom is -0.462 e. The van der Waals surface area contributed by atoms with Crippen molar-refractivity contribution in [3.05, 3.63) is 0 Å². The highest BCUT2D eigenvalue weighted by Gasteiger charge is 2.19. The highest BCUT2D eigenvalue weighted by Crippen LogP contribution is 2.18. The van der Waals surface area contributed by atoms with Gasteiger partial charge in [0.05, 0.1) is 0 Å². The number of esters is 3. The number of hydrogen-bond donors (Lipinski definition) is 0. The van der Waals surface area contributed by atoms with Gasteiger partial charge in [0.1, 0.15) is 13.2 Å². The second kappa shape index (κ2) is 42.0. The lowest BCUT2D eigenvalue weighted by Crippen LogP contribution is -2.30. The van der Waals surface area contributed by atoms with Gasteiger partial charge in [-0.05, 0) is 31.1 Å². The first kappa shape index (κ1) is 53.4. The molecule has 0 amide bonds. The van der Waals surface area contributed by atoms with Crippen LogP contribution in [0.15, 0.2) is 0 Å². The van der Waals surface area contributed by atoms with Crippen LogP contribution in [0.2, 0.25) is 0 Å². The predicted octanol–water partition coefficient (Wildman–Crippen LogP) is 15.4. The summed E-state index contributed by atoms with van der Waals surface area (Å²) in [5.74, 6) is 0.880. The van der Waals surface area contributed by atoms with Crippen LogP contribution in [0.1, 0.15) is 266 Å². The molecule has 6 heteroatoms. The third-order valence-electron chi connectivity index (χ3n) is 11.7. The predicted molar refractivity (Wildman–Crippen MR) is 233 cm³/mol. The zero-order valence-electron chi connectivity index (χ0n) is 37.6. The summed E-state index contributed by atoms with van der Waals surface area (Å²) >= 11 is 0. The molecule has 326 valence electrons. The summed E-state index contributed by atoms with van der Waals surface area (Å²) in [4.78, 5) is 37.7. The Kier molecular flexibility index (Phi) is 40.8. The van der Waals surface area contributed by atoms with E-state index in [1.807, 2.05) is 0 Å². The van der Waals surface area contributed by atoms with Crippen molar-refractivity contribution in [2.45, 2.75) is 272 Å². The second-order valence-electron chi connectivity index (χ2n) is 17.2. The van der Waals surface area contributed by atoms with Crippen molar-refractivity contribution in [1.82, 2.24) is 0 Å². The number of ether oxygens (including phenoxy) is 3. The first-order valence-corrected chi connectivity index (χ1v) is 24.3. The summed E-state index contributed by atoms with van der Waals surface area (Å²) in [6.07, 6.45) is 40.9. The van der Waals surface area contributed by atoms with Crippen LogP contribution in [0.3, 0.4) is 0 Å². The van der Waals surface area contributed by atoms with Gasteiger partial charge in [0.25, 0.3) is 0 Å². The van der Waals surface area contributed by atoms with Gasteiger partial charge >= 0.3 is 17.9 Å². The van der Waals surface area contributed by atoms with E-state index in [1.165, 1.54) is 154 Å². The van der Waals surface area contributed by atoms with Crippen LogP contribution in [-0.4, -0.2) is 37.2 Å². The Morgan fingerprint density at radius 3 is 0.945 bits per heavy atom. The van der Waals surface area contributed by atoms with Crippen LogP contribution >= 0.6 is 0 Å². The van der Waals surface area contributed by atoms with Crippen molar-refractivity contribution in [3.63, 3.8) is 0 Å². The van der Waals surface area contributed by atoms with Gasteiger partial charge < -0.3 is 14.2 Å². The van der Waals surface area contributed by atoms with E-state index >= 15 is 0 Å². The lowest BCUT2D eigenvalue weighted by atomic mass is 9.99. The third-order valence-corrected chi connectivity index (χ3v) is 11.7. The summed E-state index contributed by atoms with van der Waals surface area (Å²) in [6, 6.07) is 0. The number of carbonyl (C=O) groups is 3. The van der Waals surface area contributed by atoms with Crippen molar-refractivity contribution >= 4 is 17.9 Å². The van der Waals surface area contributed by atoms with Crippen molar-refractivity contribution in [3.8, 4) is 0 Å². The minimum absolute atomic E-state index is 0.0649. The largest absolute Gasteiger partial charge is 0.462 e. The summed E-state index contributed by atoms with van der Waals surface area (Å²) in [7, 11) is 0. The average molecular weight is 779 g/mol. The van der Waals surface area contributed by atoms with E-state index in [2.05, 4.69) is 34.6 Å². The Bertz CT molecular complexity index is 843. The highest BCUT2D eigenvalue weighted by molar-refractivity contribution is 5.71. The van der Waals surface area contributed by atoms with Gasteiger partial charge in [-0.15, -0.1) is 0 Å². The van der Waals surface area contributed by atoms with Crippen molar-refractivity contribution in [2.75, 3.05) is 13.2 Å². The van der Waals surface area contributed by atoms with E-state index in [4.69, 9.17) is 14.2 Å². The van der Waals surface area contributed by atoms with Gasteiger partial charge in [-0.25, -0.2) is 0 Å². The maximum Gasteiger partial charge on any atom is 0.306 e. The Balaban J connectivity index is 4.21. The van der Waals surface area contributed by atoms with Gasteiger partial charge in [0.2, 0.25) is 0 Å². The van der Waals surface area contributed by atoms with Crippen molar-refractivity contribution < 1.29 is 28.6 Å². The monoisotopic (exact) mass is 779 g/mol. The Labute approximate surface area is 342 Å². The maximum absolute atomic E-state index is 12.7. The Hall–Kier alpha value is -1.59. The van der Waals surface area contributed by atoms with E-state index < -0.39 is 6.10 Å². The van der Waals surface area contributed by atoms with Crippen LogP contribution in [0, 0.1) is 11.8 Å². The van der Waals surface area contributed by atoms with E-state index in [-0.39, 0.29) is 31.1 Å². The number of carbonyl (C=O) groups excluding carboxylic acids is 3. The summed E-state index contributed by atoms with van der Waals surface area (Å²) in [5.41, 5.74) is 0. The highest BCUT2D eigenvalue weighted by atomic mass is 16.6. The molecule has 0 aliphatic carbocycles. The van der Waals surface area contributed by atoms with Gasteiger partial charge in [-0.1, -0.05) is 227 Å². The van der Waals surface area contributed by atoms with E-state index in [0.29, 0.717) is 19.3 Å². The molecule has 6 nitrogen and oxygen atoms in total. The Morgan fingerprint density at radius 2 is 0.636 bits per heavy atom. The molecule has 0 N–H and O–H groups in total. The van der Waals surface area contributed by atoms with E-state index in [1.54, 1.807) is 0 Å². The van der Waals surface area contributed by atoms with Gasteiger partial charge in [-0.3, -0.25) is 14.4 Å². The molecule has 0 spiro atoms. The Morgan fingerprint density at radius 1 is 0.364 bits per heavy atom. The molecule has 0 bridgehead atoms. The first-order chi connectivity index (χ1) is 26.8. The minimum atomic E-state index is -0.760. The molecule has 0 saturated heterocycles. The molecule has 2 unspecified atom stereocenters. The first-order valence-electron chi connectivity index (χ1n) is 24.3. The second-order valence-corrected chi connectivity index (χ2v) is 17.2. The molecule has 0 aliphatic heterocycles. The topological polar surface area (TPSA) is 78.9 Å². The molecule has 3 atom stereocenters. The molecule has 0 aliphatic rings. The SMILES string of the molecule is CCCCCCCCCC(=O)OC[C@@H](COC(=O)CCCCCCCCCCCCCCCCC(C)CC)OC(=O)CCCCCCCCCCC(C)CC. The quantitative estimate of drug-likeness (QED) is 0.0348. The summed E-state index contributed by atoms with van der Waals surface area (Å²) in [5, 5.41) is 0. The number of unbranched alkanes of at least 4 members (excludes halogenated alkanes) is 26. The van der Waals surface area contributed by atoms with E-state index in [0.717, 1.165) is 69.6 Å². The van der Waals surface area contributed by atoms with Crippen LogP contribution < -0.4 is 0 Å². The third kappa shape index (κ3) is 40.4. The van der Waals surface area contributed by atoms with Gasteiger partial charge in [-0.2, -0.15) is 0 Å². The fraction of sp³-hybridized carbons (Fsp3) is 0.939. The number of rotatable bonds is 43. The van der Waals surface area contributed by atoms with Crippen LogP contribution in [0.5, 0.6) is 0 Å². The smallest absolute Gasteiger partial charge is 0.306 e. The summed E-state index contributed by atoms with van der Waals surface area (Å²) < 4.78 is 16.7. The summed E-state index contributed by atoms with van der Waals surface area (Å²) in [6.45, 7) is 11.4. The standard InChI is InChI=1S/C49H94O6/c1-6-9-10-11-22-29-34-39-47(50)53-42-46(55-49(52)41-36-31-26-21-20-24-28-33-38-45(5)8-3)43-54-48(51)40-35-30-25-19-17-15-13-12-14-16-18-23-27-32-37-44(4)7-2/h44-46H,6-43H2,1-5H3/t44?,45?,46-/m0/s1. The molecule has 0 heterocycles. The molecule has 0 aromatic carbocycles. The molecule has 0 aromatic rings. The zero-order valence-corrected chi connectivity index (χ0v) is 37.6. The fourth-order valence-electron chi connectivity index (χ4n) is 7.22. The molecular formula is C49H94O6. The van der Waals surface area contributed by atoms with Crippen LogP contribution in [0.4, 0.5) is 0 Å². The average Bonchev–Trinajstić information content (AvgIpc) is 3.18. The molecule has 0 saturated carbocycles. The van der Waals surface area contributed by atoms with Crippen LogP contribution in [-0.2, 0) is 28.6 Å². The van der Waals surface area contributed by atoms with Gasteiger partial charge in [0.15, 0.2) is 6.10 Å². The normalized spacial score (nSPS) is 13.0. The molecular weight excluding hydrogens is 685 g/mol.